The lowest BCUT2D eigenvalue weighted by Gasteiger charge is -2.26. The van der Waals surface area contributed by atoms with Crippen molar-refractivity contribution < 1.29 is 33.2 Å². The molecular formula is C24H38N4O7. The van der Waals surface area contributed by atoms with Gasteiger partial charge in [-0.1, -0.05) is 32.9 Å². The lowest BCUT2D eigenvalue weighted by atomic mass is 9.93. The van der Waals surface area contributed by atoms with Crippen LogP contribution in [0.1, 0.15) is 63.7 Å². The summed E-state index contributed by atoms with van der Waals surface area (Å²) in [6, 6.07) is -1.27. The lowest BCUT2D eigenvalue weighted by molar-refractivity contribution is -0.134. The summed E-state index contributed by atoms with van der Waals surface area (Å²) in [5, 5.41) is 11.8. The van der Waals surface area contributed by atoms with Crippen molar-refractivity contribution >= 4 is 23.5 Å². The monoisotopic (exact) mass is 494 g/mol. The number of nitrogens with zero attached hydrogens (tertiary/aromatic N) is 1. The van der Waals surface area contributed by atoms with Gasteiger partial charge in [-0.25, -0.2) is 0 Å². The van der Waals surface area contributed by atoms with Gasteiger partial charge >= 0.3 is 0 Å². The van der Waals surface area contributed by atoms with Crippen LogP contribution in [-0.4, -0.2) is 72.7 Å². The Hall–Kier alpha value is -2.79. The molecule has 196 valence electrons. The Bertz CT molecular complexity index is 907. The number of amides is 3. The maximum absolute atomic E-state index is 13.1. The average molecular weight is 495 g/mol. The topological polar surface area (TPSA) is 152 Å². The van der Waals surface area contributed by atoms with Gasteiger partial charge in [0.15, 0.2) is 11.5 Å². The number of methoxy groups -OCH3 is 1. The summed E-state index contributed by atoms with van der Waals surface area (Å²) in [5.41, 5.74) is -0.833. The summed E-state index contributed by atoms with van der Waals surface area (Å²) >= 11 is 0. The van der Waals surface area contributed by atoms with E-state index in [1.807, 2.05) is 27.7 Å². The molecule has 0 aliphatic carbocycles. The highest BCUT2D eigenvalue weighted by Crippen LogP contribution is 2.29. The van der Waals surface area contributed by atoms with E-state index in [0.717, 1.165) is 0 Å². The van der Waals surface area contributed by atoms with Crippen molar-refractivity contribution in [3.8, 4) is 0 Å². The Morgan fingerprint density at radius 2 is 1.54 bits per heavy atom. The Balaban J connectivity index is 2.12. The number of Topliss-reactive ketones (excluding diaryl/α,β-unsaturated/α-hetero) is 1. The van der Waals surface area contributed by atoms with Gasteiger partial charge in [-0.05, 0) is 38.5 Å². The largest absolute Gasteiger partial charge is 0.382 e. The number of carbonyl (C=O) groups excluding carboxylic acids is 4. The van der Waals surface area contributed by atoms with Crippen molar-refractivity contribution in [2.24, 2.45) is 11.8 Å². The molecule has 1 fully saturated rings. The normalized spacial score (nSPS) is 19.7. The zero-order valence-corrected chi connectivity index (χ0v) is 21.6. The fraction of sp³-hybridized carbons (Fsp3) is 0.708. The van der Waals surface area contributed by atoms with Crippen molar-refractivity contribution in [1.29, 1.82) is 0 Å². The Morgan fingerprint density at radius 3 is 2.03 bits per heavy atom. The molecule has 0 unspecified atom stereocenters. The summed E-state index contributed by atoms with van der Waals surface area (Å²) in [6.07, 6.45) is 0.764. The summed E-state index contributed by atoms with van der Waals surface area (Å²) < 4.78 is 15.3. The highest BCUT2D eigenvalue weighted by Gasteiger charge is 2.50. The van der Waals surface area contributed by atoms with Crippen molar-refractivity contribution in [3.63, 3.8) is 0 Å². The van der Waals surface area contributed by atoms with E-state index in [0.29, 0.717) is 25.2 Å². The van der Waals surface area contributed by atoms with Gasteiger partial charge in [0.1, 0.15) is 23.4 Å². The zero-order chi connectivity index (χ0) is 26.3. The number of aryl methyl sites for hydroxylation is 1. The van der Waals surface area contributed by atoms with Gasteiger partial charge in [0.05, 0.1) is 19.3 Å². The number of hydrogen-bond donors (Lipinski definition) is 3. The van der Waals surface area contributed by atoms with Crippen LogP contribution in [0.25, 0.3) is 0 Å². The van der Waals surface area contributed by atoms with Crippen molar-refractivity contribution in [1.82, 2.24) is 21.1 Å². The number of epoxide rings is 1. The van der Waals surface area contributed by atoms with E-state index in [4.69, 9.17) is 14.0 Å². The first-order valence-corrected chi connectivity index (χ1v) is 11.9. The van der Waals surface area contributed by atoms with Crippen LogP contribution >= 0.6 is 0 Å². The molecule has 1 aliphatic rings. The standard InChI is InChI=1S/C24H38N4O7/c1-13(2)8-16(20(29)24(6)12-34-24)25-23(32)19(11-33-7)27-21(30)17(9-14(3)4)26-22(31)18-10-15(5)35-28-18/h10,13-14,16-17,19H,8-9,11-12H2,1-7H3,(H,25,32)(H,26,31)(H,27,30)/t16-,17-,19-,24-/m0/s1. The third kappa shape index (κ3) is 8.43. The molecule has 35 heavy (non-hydrogen) atoms. The van der Waals surface area contributed by atoms with Crippen molar-refractivity contribution in [2.75, 3.05) is 20.3 Å². The second kappa shape index (κ2) is 12.3. The maximum atomic E-state index is 13.1. The molecule has 3 N–H and O–H groups in total. The van der Waals surface area contributed by atoms with E-state index >= 15 is 0 Å². The van der Waals surface area contributed by atoms with Crippen LogP contribution in [0.3, 0.4) is 0 Å². The quantitative estimate of drug-likeness (QED) is 0.326. The minimum absolute atomic E-state index is 0.0565. The van der Waals surface area contributed by atoms with E-state index in [-0.39, 0.29) is 29.9 Å². The molecule has 0 spiro atoms. The summed E-state index contributed by atoms with van der Waals surface area (Å²) in [7, 11) is 1.41. The van der Waals surface area contributed by atoms with Gasteiger partial charge in [-0.3, -0.25) is 19.2 Å². The molecule has 0 bridgehead atoms. The molecule has 3 amide bonds. The molecule has 0 saturated carbocycles. The Kier molecular flexibility index (Phi) is 9.96. The highest BCUT2D eigenvalue weighted by atomic mass is 16.6. The van der Waals surface area contributed by atoms with Crippen LogP contribution in [0.2, 0.25) is 0 Å². The average Bonchev–Trinajstić information content (AvgIpc) is 3.37. The molecular weight excluding hydrogens is 456 g/mol. The first-order valence-electron chi connectivity index (χ1n) is 11.9. The predicted octanol–water partition coefficient (Wildman–Crippen LogP) is 1.15. The molecule has 1 aliphatic heterocycles. The molecule has 4 atom stereocenters. The zero-order valence-electron chi connectivity index (χ0n) is 21.6. The number of rotatable bonds is 14. The SMILES string of the molecule is COC[C@H](NC(=O)[C@H](CC(C)C)NC(=O)c1cc(C)on1)C(=O)N[C@@H](CC(C)C)C(=O)[C@]1(C)CO1. The van der Waals surface area contributed by atoms with E-state index < -0.39 is 41.4 Å². The van der Waals surface area contributed by atoms with Crippen LogP contribution < -0.4 is 16.0 Å². The molecule has 1 saturated heterocycles. The minimum Gasteiger partial charge on any atom is -0.382 e. The van der Waals surface area contributed by atoms with Crippen LogP contribution in [0.4, 0.5) is 0 Å². The Labute approximate surface area is 206 Å². The lowest BCUT2D eigenvalue weighted by Crippen LogP contribution is -2.58. The molecule has 1 aromatic heterocycles. The molecule has 2 heterocycles. The fourth-order valence-corrected chi connectivity index (χ4v) is 3.62. The van der Waals surface area contributed by atoms with Gasteiger partial charge < -0.3 is 29.9 Å². The second-order valence-corrected chi connectivity index (χ2v) is 10.1. The number of ketones is 1. The van der Waals surface area contributed by atoms with Crippen molar-refractivity contribution in [3.05, 3.63) is 17.5 Å². The van der Waals surface area contributed by atoms with Gasteiger partial charge in [0.2, 0.25) is 11.8 Å². The van der Waals surface area contributed by atoms with Crippen molar-refractivity contribution in [2.45, 2.75) is 78.1 Å². The molecule has 11 nitrogen and oxygen atoms in total. The fourth-order valence-electron chi connectivity index (χ4n) is 3.62. The van der Waals surface area contributed by atoms with E-state index in [1.165, 1.54) is 13.2 Å². The minimum atomic E-state index is -1.07. The van der Waals surface area contributed by atoms with Gasteiger partial charge in [-0.15, -0.1) is 0 Å². The third-order valence-corrected chi connectivity index (χ3v) is 5.59. The smallest absolute Gasteiger partial charge is 0.274 e. The summed E-state index contributed by atoms with van der Waals surface area (Å²) in [6.45, 7) is 11.3. The number of ether oxygens (including phenoxy) is 2. The molecule has 11 heteroatoms. The van der Waals surface area contributed by atoms with E-state index in [2.05, 4.69) is 21.1 Å². The predicted molar refractivity (Wildman–Crippen MR) is 127 cm³/mol. The van der Waals surface area contributed by atoms with E-state index in [9.17, 15) is 19.2 Å². The molecule has 0 aromatic carbocycles. The first kappa shape index (κ1) is 28.4. The van der Waals surface area contributed by atoms with Crippen LogP contribution in [0.15, 0.2) is 10.6 Å². The Morgan fingerprint density at radius 1 is 1.00 bits per heavy atom. The van der Waals surface area contributed by atoms with Crippen LogP contribution in [-0.2, 0) is 23.9 Å². The van der Waals surface area contributed by atoms with Crippen LogP contribution in [0.5, 0.6) is 0 Å². The number of hydrogen-bond acceptors (Lipinski definition) is 8. The molecule has 2 rings (SSSR count). The number of aromatic nitrogens is 1. The van der Waals surface area contributed by atoms with Gasteiger partial charge in [-0.2, -0.15) is 0 Å². The van der Waals surface area contributed by atoms with Gasteiger partial charge in [0.25, 0.3) is 5.91 Å². The number of carbonyl (C=O) groups is 4. The highest BCUT2D eigenvalue weighted by molar-refractivity contribution is 5.99. The second-order valence-electron chi connectivity index (χ2n) is 10.1. The summed E-state index contributed by atoms with van der Waals surface area (Å²) in [5.74, 6) is -1.17. The summed E-state index contributed by atoms with van der Waals surface area (Å²) in [4.78, 5) is 51.6. The van der Waals surface area contributed by atoms with E-state index in [1.54, 1.807) is 13.8 Å². The first-order chi connectivity index (χ1) is 16.4. The van der Waals surface area contributed by atoms with Gasteiger partial charge in [0, 0.05) is 13.2 Å². The maximum Gasteiger partial charge on any atom is 0.274 e. The molecule has 0 radical (unpaired) electrons. The van der Waals surface area contributed by atoms with Crippen LogP contribution in [0, 0.1) is 18.8 Å². The number of nitrogens with one attached hydrogen (secondary N) is 3. The molecule has 1 aromatic rings. The third-order valence-electron chi connectivity index (χ3n) is 5.59.